The highest BCUT2D eigenvalue weighted by Crippen LogP contribution is 2.33. The van der Waals surface area contributed by atoms with Gasteiger partial charge in [-0.05, 0) is 17.9 Å². The molecule has 0 atom stereocenters. The molecule has 2 heterocycles. The topological polar surface area (TPSA) is 97.3 Å². The van der Waals surface area contributed by atoms with Crippen LogP contribution < -0.4 is 10.2 Å². The van der Waals surface area contributed by atoms with Crippen molar-refractivity contribution in [1.29, 1.82) is 0 Å². The highest BCUT2D eigenvalue weighted by atomic mass is 32.2. The predicted octanol–water partition coefficient (Wildman–Crippen LogP) is 2.17. The molecule has 1 N–H and O–H groups in total. The van der Waals surface area contributed by atoms with Gasteiger partial charge in [0.1, 0.15) is 5.69 Å². The van der Waals surface area contributed by atoms with Crippen molar-refractivity contribution in [2.45, 2.75) is 12.1 Å². The molecule has 1 fully saturated rings. The van der Waals surface area contributed by atoms with Gasteiger partial charge in [-0.25, -0.2) is 0 Å². The normalized spacial score (nSPS) is 14.9. The lowest BCUT2D eigenvalue weighted by Crippen LogP contribution is -2.43. The number of rotatable bonds is 5. The number of anilines is 1. The largest absolute Gasteiger partial charge is 0.411 e. The highest BCUT2D eigenvalue weighted by Gasteiger charge is 2.23. The van der Waals surface area contributed by atoms with Gasteiger partial charge in [0.25, 0.3) is 10.9 Å². The van der Waals surface area contributed by atoms with Gasteiger partial charge in [-0.15, -0.1) is 10.2 Å². The number of benzene rings is 1. The van der Waals surface area contributed by atoms with Crippen molar-refractivity contribution < 1.29 is 9.34 Å². The Morgan fingerprint density at radius 1 is 1.39 bits per heavy atom. The fraction of sp³-hybridized carbons (Fsp3) is 0.429. The Hall–Kier alpha value is -2.13. The predicted molar refractivity (Wildman–Crippen MR) is 87.9 cm³/mol. The van der Waals surface area contributed by atoms with Gasteiger partial charge in [-0.2, -0.15) is 0 Å². The quantitative estimate of drug-likeness (QED) is 0.504. The molecule has 1 aliphatic heterocycles. The van der Waals surface area contributed by atoms with Gasteiger partial charge in [-0.1, -0.05) is 18.7 Å². The van der Waals surface area contributed by atoms with E-state index in [4.69, 9.17) is 4.42 Å². The number of aromatic nitrogens is 2. The molecule has 0 saturated carbocycles. The first kappa shape index (κ1) is 15.8. The Kier molecular flexibility index (Phi) is 4.77. The molecule has 0 aliphatic carbocycles. The van der Waals surface area contributed by atoms with Crippen molar-refractivity contribution in [3.63, 3.8) is 0 Å². The van der Waals surface area contributed by atoms with Crippen LogP contribution in [0.5, 0.6) is 0 Å². The Morgan fingerprint density at radius 2 is 2.17 bits per heavy atom. The molecular weight excluding hydrogens is 318 g/mol. The lowest BCUT2D eigenvalue weighted by molar-refractivity contribution is -0.384. The van der Waals surface area contributed by atoms with Gasteiger partial charge in [0, 0.05) is 37.8 Å². The summed E-state index contributed by atoms with van der Waals surface area (Å²) in [5.41, 5.74) is 1.25. The van der Waals surface area contributed by atoms with Crippen LogP contribution in [0, 0.1) is 10.1 Å². The van der Waals surface area contributed by atoms with E-state index in [0.29, 0.717) is 22.4 Å². The molecule has 1 aromatic carbocycles. The fourth-order valence-electron chi connectivity index (χ4n) is 2.48. The summed E-state index contributed by atoms with van der Waals surface area (Å²) in [5, 5.41) is 23.0. The summed E-state index contributed by atoms with van der Waals surface area (Å²) in [7, 11) is 0. The minimum Gasteiger partial charge on any atom is -0.411 e. The minimum absolute atomic E-state index is 0.0623. The molecule has 2 aromatic rings. The maximum Gasteiger partial charge on any atom is 0.293 e. The number of hydrogen-bond donors (Lipinski definition) is 1. The van der Waals surface area contributed by atoms with Crippen LogP contribution in [-0.2, 0) is 0 Å². The zero-order valence-corrected chi connectivity index (χ0v) is 13.5. The summed E-state index contributed by atoms with van der Waals surface area (Å²) >= 11 is 1.44. The monoisotopic (exact) mass is 335 g/mol. The number of hydrogen-bond acceptors (Lipinski definition) is 8. The lowest BCUT2D eigenvalue weighted by atomic mass is 10.1. The van der Waals surface area contributed by atoms with Crippen molar-refractivity contribution in [1.82, 2.24) is 15.5 Å². The first-order valence-corrected chi connectivity index (χ1v) is 8.38. The van der Waals surface area contributed by atoms with Gasteiger partial charge in [0.15, 0.2) is 0 Å². The Labute approximate surface area is 137 Å². The van der Waals surface area contributed by atoms with E-state index < -0.39 is 0 Å². The van der Waals surface area contributed by atoms with Crippen molar-refractivity contribution in [2.75, 3.05) is 36.8 Å². The van der Waals surface area contributed by atoms with Crippen molar-refractivity contribution in [2.24, 2.45) is 0 Å². The summed E-state index contributed by atoms with van der Waals surface area (Å²) in [4.78, 5) is 13.1. The number of nitrogens with one attached hydrogen (secondary N) is 1. The van der Waals surface area contributed by atoms with E-state index in [1.807, 2.05) is 11.8 Å². The number of nitro groups is 1. The molecule has 3 rings (SSSR count). The van der Waals surface area contributed by atoms with Crippen LogP contribution in [0.15, 0.2) is 27.8 Å². The smallest absolute Gasteiger partial charge is 0.293 e. The SMILES string of the molecule is CCSc1nnc(-c2ccc(N3CCNCC3)c([N+](=O)[O-])c2)o1. The zero-order valence-electron chi connectivity index (χ0n) is 12.7. The third-order valence-electron chi connectivity index (χ3n) is 3.55. The van der Waals surface area contributed by atoms with Crippen LogP contribution in [0.25, 0.3) is 11.5 Å². The third kappa shape index (κ3) is 3.45. The second-order valence-corrected chi connectivity index (χ2v) is 6.22. The number of nitrogens with zero attached hydrogens (tertiary/aromatic N) is 4. The zero-order chi connectivity index (χ0) is 16.2. The minimum atomic E-state index is -0.362. The second-order valence-electron chi connectivity index (χ2n) is 5.00. The molecule has 0 radical (unpaired) electrons. The van der Waals surface area contributed by atoms with Crippen LogP contribution >= 0.6 is 11.8 Å². The van der Waals surface area contributed by atoms with Gasteiger partial charge >= 0.3 is 0 Å². The van der Waals surface area contributed by atoms with Gasteiger partial charge in [-0.3, -0.25) is 10.1 Å². The molecule has 0 unspecified atom stereocenters. The molecule has 0 bridgehead atoms. The Morgan fingerprint density at radius 3 is 2.87 bits per heavy atom. The van der Waals surface area contributed by atoms with Gasteiger partial charge in [0.2, 0.25) is 5.89 Å². The van der Waals surface area contributed by atoms with E-state index in [2.05, 4.69) is 15.5 Å². The van der Waals surface area contributed by atoms with E-state index in [0.717, 1.165) is 31.9 Å². The molecular formula is C14H17N5O3S. The van der Waals surface area contributed by atoms with Crippen molar-refractivity contribution in [3.05, 3.63) is 28.3 Å². The molecule has 1 saturated heterocycles. The van der Waals surface area contributed by atoms with E-state index in [9.17, 15) is 10.1 Å². The molecule has 0 amide bonds. The molecule has 1 aromatic heterocycles. The molecule has 23 heavy (non-hydrogen) atoms. The fourth-order valence-corrected chi connectivity index (χ4v) is 2.97. The number of thioether (sulfide) groups is 1. The standard InChI is InChI=1S/C14H17N5O3S/c1-2-23-14-17-16-13(22-14)10-3-4-11(12(9-10)19(20)21)18-7-5-15-6-8-18/h3-4,9,15H,2,5-8H2,1H3. The molecule has 0 spiro atoms. The van der Waals surface area contributed by atoms with E-state index in [1.165, 1.54) is 17.8 Å². The van der Waals surface area contributed by atoms with Crippen LogP contribution in [0.4, 0.5) is 11.4 Å². The number of nitro benzene ring substituents is 1. The average molecular weight is 335 g/mol. The molecule has 122 valence electrons. The highest BCUT2D eigenvalue weighted by molar-refractivity contribution is 7.99. The van der Waals surface area contributed by atoms with Crippen LogP contribution in [0.1, 0.15) is 6.92 Å². The lowest BCUT2D eigenvalue weighted by Gasteiger charge is -2.29. The van der Waals surface area contributed by atoms with Crippen molar-refractivity contribution >= 4 is 23.1 Å². The van der Waals surface area contributed by atoms with E-state index in [-0.39, 0.29) is 10.6 Å². The van der Waals surface area contributed by atoms with Crippen LogP contribution in [-0.4, -0.2) is 47.1 Å². The molecule has 9 heteroatoms. The molecule has 8 nitrogen and oxygen atoms in total. The second kappa shape index (κ2) is 6.97. The summed E-state index contributed by atoms with van der Waals surface area (Å²) in [6, 6.07) is 5.05. The number of piperazine rings is 1. The van der Waals surface area contributed by atoms with Gasteiger partial charge in [0.05, 0.1) is 4.92 Å². The Bertz CT molecular complexity index is 699. The van der Waals surface area contributed by atoms with Crippen molar-refractivity contribution in [3.8, 4) is 11.5 Å². The Balaban J connectivity index is 1.93. The third-order valence-corrected chi connectivity index (χ3v) is 4.25. The first-order valence-electron chi connectivity index (χ1n) is 7.40. The summed E-state index contributed by atoms with van der Waals surface area (Å²) in [6.45, 7) is 5.12. The maximum atomic E-state index is 11.4. The van der Waals surface area contributed by atoms with Crippen LogP contribution in [0.3, 0.4) is 0 Å². The summed E-state index contributed by atoms with van der Waals surface area (Å²) in [5.74, 6) is 1.12. The summed E-state index contributed by atoms with van der Waals surface area (Å²) < 4.78 is 5.52. The van der Waals surface area contributed by atoms with E-state index in [1.54, 1.807) is 12.1 Å². The maximum absolute atomic E-state index is 11.4. The molecule has 1 aliphatic rings. The average Bonchev–Trinajstić information content (AvgIpc) is 3.04. The summed E-state index contributed by atoms with van der Waals surface area (Å²) in [6.07, 6.45) is 0. The van der Waals surface area contributed by atoms with Crippen LogP contribution in [0.2, 0.25) is 0 Å². The first-order chi connectivity index (χ1) is 11.2. The van der Waals surface area contributed by atoms with Gasteiger partial charge < -0.3 is 14.6 Å². The van der Waals surface area contributed by atoms with E-state index >= 15 is 0 Å².